The standard InChI is InChI=1S/C20H14N2O2/c1-23-19-16(14-9-5-6-10-15(14)24-19)18-17(20(18,11-21)12-22)13-7-3-2-4-8-13/h2-10,17-18H,1H3/t17-,18-/m1/s1. The molecule has 1 aromatic heterocycles. The molecule has 1 fully saturated rings. The van der Waals surface area contributed by atoms with E-state index in [-0.39, 0.29) is 11.8 Å². The second-order valence-electron chi connectivity index (χ2n) is 5.96. The van der Waals surface area contributed by atoms with Crippen LogP contribution in [0.3, 0.4) is 0 Å². The van der Waals surface area contributed by atoms with E-state index in [2.05, 4.69) is 12.1 Å². The van der Waals surface area contributed by atoms with Gasteiger partial charge in [-0.15, -0.1) is 0 Å². The molecule has 0 N–H and O–H groups in total. The number of nitriles is 2. The van der Waals surface area contributed by atoms with E-state index < -0.39 is 5.41 Å². The number of furan rings is 1. The number of para-hydroxylation sites is 1. The zero-order valence-corrected chi connectivity index (χ0v) is 13.1. The van der Waals surface area contributed by atoms with Gasteiger partial charge in [0.05, 0.1) is 24.8 Å². The third-order valence-corrected chi connectivity index (χ3v) is 4.83. The van der Waals surface area contributed by atoms with E-state index in [0.717, 1.165) is 16.5 Å². The molecule has 2 aromatic carbocycles. The maximum atomic E-state index is 9.75. The molecule has 1 aliphatic rings. The Labute approximate surface area is 139 Å². The van der Waals surface area contributed by atoms with Crippen molar-refractivity contribution in [3.63, 3.8) is 0 Å². The molecule has 4 nitrogen and oxygen atoms in total. The van der Waals surface area contributed by atoms with Crippen LogP contribution in [0, 0.1) is 28.1 Å². The lowest BCUT2D eigenvalue weighted by Gasteiger charge is -2.01. The van der Waals surface area contributed by atoms with E-state index >= 15 is 0 Å². The van der Waals surface area contributed by atoms with Crippen LogP contribution in [0.2, 0.25) is 0 Å². The third-order valence-electron chi connectivity index (χ3n) is 4.83. The smallest absolute Gasteiger partial charge is 0.288 e. The van der Waals surface area contributed by atoms with Gasteiger partial charge in [0.2, 0.25) is 0 Å². The van der Waals surface area contributed by atoms with Gasteiger partial charge in [-0.25, -0.2) is 0 Å². The number of benzene rings is 2. The minimum Gasteiger partial charge on any atom is -0.468 e. The minimum absolute atomic E-state index is 0.191. The average molecular weight is 314 g/mol. The van der Waals surface area contributed by atoms with Gasteiger partial charge in [0.1, 0.15) is 5.58 Å². The first-order chi connectivity index (χ1) is 11.8. The number of nitrogens with zero attached hydrogens (tertiary/aromatic N) is 2. The van der Waals surface area contributed by atoms with Crippen LogP contribution < -0.4 is 4.74 Å². The Morgan fingerprint density at radius 3 is 2.29 bits per heavy atom. The highest BCUT2D eigenvalue weighted by Gasteiger charge is 2.69. The maximum Gasteiger partial charge on any atom is 0.288 e. The molecule has 24 heavy (non-hydrogen) atoms. The number of methoxy groups -OCH3 is 1. The summed E-state index contributed by atoms with van der Waals surface area (Å²) in [6.45, 7) is 0. The van der Waals surface area contributed by atoms with Crippen molar-refractivity contribution in [3.05, 3.63) is 65.7 Å². The van der Waals surface area contributed by atoms with Crippen LogP contribution in [0.25, 0.3) is 11.0 Å². The monoisotopic (exact) mass is 314 g/mol. The van der Waals surface area contributed by atoms with Crippen molar-refractivity contribution < 1.29 is 9.15 Å². The van der Waals surface area contributed by atoms with Gasteiger partial charge in [-0.2, -0.15) is 10.5 Å². The van der Waals surface area contributed by atoms with E-state index in [4.69, 9.17) is 9.15 Å². The quantitative estimate of drug-likeness (QED) is 0.720. The average Bonchev–Trinajstić information content (AvgIpc) is 3.17. The Bertz CT molecular complexity index is 978. The number of ether oxygens (including phenoxy) is 1. The van der Waals surface area contributed by atoms with Crippen molar-refractivity contribution >= 4 is 11.0 Å². The van der Waals surface area contributed by atoms with Gasteiger partial charge in [0, 0.05) is 17.2 Å². The van der Waals surface area contributed by atoms with Crippen LogP contribution in [0.5, 0.6) is 5.95 Å². The van der Waals surface area contributed by atoms with Crippen molar-refractivity contribution in [2.24, 2.45) is 5.41 Å². The molecule has 4 heteroatoms. The number of fused-ring (bicyclic) bond motifs is 1. The summed E-state index contributed by atoms with van der Waals surface area (Å²) in [6, 6.07) is 21.8. The van der Waals surface area contributed by atoms with Gasteiger partial charge in [0.25, 0.3) is 5.95 Å². The highest BCUT2D eigenvalue weighted by atomic mass is 16.6. The van der Waals surface area contributed by atoms with Crippen LogP contribution >= 0.6 is 0 Å². The molecule has 4 rings (SSSR count). The molecule has 0 bridgehead atoms. The first-order valence-corrected chi connectivity index (χ1v) is 7.69. The largest absolute Gasteiger partial charge is 0.468 e. The molecule has 0 radical (unpaired) electrons. The van der Waals surface area contributed by atoms with E-state index in [0.29, 0.717) is 11.5 Å². The fourth-order valence-corrected chi connectivity index (χ4v) is 3.69. The van der Waals surface area contributed by atoms with Crippen molar-refractivity contribution in [2.45, 2.75) is 11.8 Å². The maximum absolute atomic E-state index is 9.75. The Balaban J connectivity index is 1.93. The summed E-state index contributed by atoms with van der Waals surface area (Å²) < 4.78 is 11.2. The molecule has 0 aliphatic heterocycles. The van der Waals surface area contributed by atoms with Crippen LogP contribution in [0.15, 0.2) is 59.0 Å². The summed E-state index contributed by atoms with van der Waals surface area (Å²) in [4.78, 5) is 0. The molecule has 0 saturated heterocycles. The van der Waals surface area contributed by atoms with Crippen LogP contribution in [-0.2, 0) is 0 Å². The summed E-state index contributed by atoms with van der Waals surface area (Å²) in [5.74, 6) is -0.0772. The first-order valence-electron chi connectivity index (χ1n) is 7.69. The Kier molecular flexibility index (Phi) is 3.08. The van der Waals surface area contributed by atoms with Crippen LogP contribution in [-0.4, -0.2) is 7.11 Å². The van der Waals surface area contributed by atoms with Gasteiger partial charge in [-0.3, -0.25) is 0 Å². The lowest BCUT2D eigenvalue weighted by atomic mass is 10.0. The molecule has 1 heterocycles. The van der Waals surface area contributed by atoms with E-state index in [1.165, 1.54) is 0 Å². The normalized spacial score (nSPS) is 21.0. The Hall–Kier alpha value is -3.24. The molecule has 1 saturated carbocycles. The second-order valence-corrected chi connectivity index (χ2v) is 5.96. The van der Waals surface area contributed by atoms with Gasteiger partial charge < -0.3 is 9.15 Å². The molecular formula is C20H14N2O2. The molecule has 0 amide bonds. The number of hydrogen-bond donors (Lipinski definition) is 0. The summed E-state index contributed by atoms with van der Waals surface area (Å²) >= 11 is 0. The van der Waals surface area contributed by atoms with Gasteiger partial charge in [0.15, 0.2) is 5.41 Å². The Morgan fingerprint density at radius 2 is 1.62 bits per heavy atom. The topological polar surface area (TPSA) is 69.9 Å². The molecule has 0 spiro atoms. The zero-order chi connectivity index (χ0) is 16.7. The SMILES string of the molecule is COc1oc2ccccc2c1[C@@H]1[C@@H](c2ccccc2)C1(C#N)C#N. The Morgan fingerprint density at radius 1 is 0.958 bits per heavy atom. The lowest BCUT2D eigenvalue weighted by molar-refractivity contribution is 0.311. The van der Waals surface area contributed by atoms with Gasteiger partial charge >= 0.3 is 0 Å². The summed E-state index contributed by atoms with van der Waals surface area (Å²) in [5, 5.41) is 20.4. The highest BCUT2D eigenvalue weighted by molar-refractivity contribution is 5.86. The minimum atomic E-state index is -1.10. The van der Waals surface area contributed by atoms with Crippen LogP contribution in [0.1, 0.15) is 23.0 Å². The second kappa shape index (κ2) is 5.15. The van der Waals surface area contributed by atoms with Crippen molar-refractivity contribution in [1.82, 2.24) is 0 Å². The molecule has 2 atom stereocenters. The van der Waals surface area contributed by atoms with E-state index in [9.17, 15) is 10.5 Å². The predicted molar refractivity (Wildman–Crippen MR) is 88.3 cm³/mol. The zero-order valence-electron chi connectivity index (χ0n) is 13.1. The summed E-state index contributed by atoms with van der Waals surface area (Å²) in [6.07, 6.45) is 0. The van der Waals surface area contributed by atoms with Gasteiger partial charge in [-0.1, -0.05) is 48.5 Å². The molecule has 0 unspecified atom stereocenters. The summed E-state index contributed by atoms with van der Waals surface area (Å²) in [5.41, 5.74) is 1.40. The molecule has 1 aliphatic carbocycles. The highest BCUT2D eigenvalue weighted by Crippen LogP contribution is 2.71. The van der Waals surface area contributed by atoms with Crippen molar-refractivity contribution in [2.75, 3.05) is 7.11 Å². The number of hydrogen-bond acceptors (Lipinski definition) is 4. The molecule has 116 valence electrons. The third kappa shape index (κ3) is 1.77. The van der Waals surface area contributed by atoms with E-state index in [1.807, 2.05) is 54.6 Å². The van der Waals surface area contributed by atoms with Crippen molar-refractivity contribution in [3.8, 4) is 18.1 Å². The predicted octanol–water partition coefficient (Wildman–Crippen LogP) is 4.36. The van der Waals surface area contributed by atoms with Gasteiger partial charge in [-0.05, 0) is 11.6 Å². The lowest BCUT2D eigenvalue weighted by Crippen LogP contribution is -1.98. The van der Waals surface area contributed by atoms with Crippen LogP contribution in [0.4, 0.5) is 0 Å². The first kappa shape index (κ1) is 14.4. The fraction of sp³-hybridized carbons (Fsp3) is 0.200. The fourth-order valence-electron chi connectivity index (χ4n) is 3.69. The molecule has 3 aromatic rings. The van der Waals surface area contributed by atoms with E-state index in [1.54, 1.807) is 7.11 Å². The molecular weight excluding hydrogens is 300 g/mol. The summed E-state index contributed by atoms with van der Waals surface area (Å²) in [7, 11) is 1.54. The van der Waals surface area contributed by atoms with Crippen molar-refractivity contribution in [1.29, 1.82) is 10.5 Å². The number of rotatable bonds is 3.